The first-order chi connectivity index (χ1) is 13.1. The maximum Gasteiger partial charge on any atom is 0.358 e. The summed E-state index contributed by atoms with van der Waals surface area (Å²) in [5, 5.41) is 3.41. The van der Waals surface area contributed by atoms with Crippen molar-refractivity contribution in [2.24, 2.45) is 4.99 Å². The summed E-state index contributed by atoms with van der Waals surface area (Å²) < 4.78 is 24.5. The van der Waals surface area contributed by atoms with Gasteiger partial charge in [0.15, 0.2) is 5.78 Å². The maximum absolute atomic E-state index is 13.4. The number of aliphatic imine (C=N–C) groups is 1. The predicted octanol–water partition coefficient (Wildman–Crippen LogP) is 5.17. The van der Waals surface area contributed by atoms with Crippen molar-refractivity contribution in [3.8, 4) is 0 Å². The molecule has 142 valence electrons. The van der Waals surface area contributed by atoms with Gasteiger partial charge in [0.1, 0.15) is 0 Å². The van der Waals surface area contributed by atoms with E-state index in [9.17, 15) is 4.57 Å². The molecule has 27 heavy (non-hydrogen) atoms. The fraction of sp³-hybridized carbons (Fsp3) is 0.286. The second-order valence-corrected chi connectivity index (χ2v) is 8.24. The Labute approximate surface area is 160 Å². The average Bonchev–Trinajstić information content (AvgIpc) is 2.69. The minimum absolute atomic E-state index is 0.304. The molecule has 0 aromatic heterocycles. The minimum atomic E-state index is -3.40. The molecule has 0 spiro atoms. The molecule has 0 fully saturated rings. The molecule has 3 rings (SSSR count). The van der Waals surface area contributed by atoms with Crippen LogP contribution >= 0.6 is 7.60 Å². The van der Waals surface area contributed by atoms with Crippen LogP contribution in [-0.2, 0) is 13.6 Å². The molecule has 5 nitrogen and oxygen atoms in total. The summed E-state index contributed by atoms with van der Waals surface area (Å²) in [4.78, 5) is 4.82. The zero-order chi connectivity index (χ0) is 19.3. The van der Waals surface area contributed by atoms with Crippen LogP contribution in [0.2, 0.25) is 0 Å². The van der Waals surface area contributed by atoms with Gasteiger partial charge in [-0.25, -0.2) is 0 Å². The number of rotatable bonds is 7. The lowest BCUT2D eigenvalue weighted by Crippen LogP contribution is -2.38. The van der Waals surface area contributed by atoms with Gasteiger partial charge in [-0.1, -0.05) is 60.7 Å². The van der Waals surface area contributed by atoms with Gasteiger partial charge in [0.2, 0.25) is 0 Å². The van der Waals surface area contributed by atoms with Gasteiger partial charge in [-0.15, -0.1) is 0 Å². The molecule has 0 radical (unpaired) electrons. The summed E-state index contributed by atoms with van der Waals surface area (Å²) >= 11 is 0. The van der Waals surface area contributed by atoms with Crippen LogP contribution < -0.4 is 5.32 Å². The number of benzene rings is 2. The molecule has 1 N–H and O–H groups in total. The van der Waals surface area contributed by atoms with Gasteiger partial charge < -0.3 is 14.4 Å². The van der Waals surface area contributed by atoms with Gasteiger partial charge in [-0.05, 0) is 26.3 Å². The van der Waals surface area contributed by atoms with E-state index in [1.165, 1.54) is 0 Å². The summed E-state index contributed by atoms with van der Waals surface area (Å²) in [5.74, 6) is -0.625. The van der Waals surface area contributed by atoms with Crippen LogP contribution in [0, 0.1) is 0 Å². The van der Waals surface area contributed by atoms with E-state index in [0.717, 1.165) is 22.5 Å². The molecule has 1 atom stereocenters. The Kier molecular flexibility index (Phi) is 6.27. The van der Waals surface area contributed by atoms with Crippen LogP contribution in [0.25, 0.3) is 11.4 Å². The SMILES string of the molecule is CCOP(=O)(OCC)C1NC(c2ccccc2)=C(c2ccccc2)N=C1C. The highest BCUT2D eigenvalue weighted by atomic mass is 31.2. The summed E-state index contributed by atoms with van der Waals surface area (Å²) in [6.07, 6.45) is 0. The van der Waals surface area contributed by atoms with Crippen LogP contribution in [-0.4, -0.2) is 24.7 Å². The highest BCUT2D eigenvalue weighted by Crippen LogP contribution is 2.54. The van der Waals surface area contributed by atoms with Crippen LogP contribution in [0.3, 0.4) is 0 Å². The normalized spacial score (nSPS) is 17.4. The average molecular weight is 384 g/mol. The molecule has 1 heterocycles. The molecule has 0 bridgehead atoms. The Morgan fingerprint density at radius 2 is 1.44 bits per heavy atom. The van der Waals surface area contributed by atoms with Gasteiger partial charge in [0, 0.05) is 5.56 Å². The first-order valence-electron chi connectivity index (χ1n) is 9.14. The largest absolute Gasteiger partial charge is 0.365 e. The first kappa shape index (κ1) is 19.6. The van der Waals surface area contributed by atoms with Crippen molar-refractivity contribution >= 4 is 24.7 Å². The maximum atomic E-state index is 13.4. The first-order valence-corrected chi connectivity index (χ1v) is 10.8. The van der Waals surface area contributed by atoms with E-state index < -0.39 is 13.4 Å². The second kappa shape index (κ2) is 8.66. The van der Waals surface area contributed by atoms with Crippen molar-refractivity contribution in [3.05, 3.63) is 71.8 Å². The lowest BCUT2D eigenvalue weighted by Gasteiger charge is -2.32. The van der Waals surface area contributed by atoms with Crippen molar-refractivity contribution in [1.29, 1.82) is 0 Å². The Hall–Kier alpha value is -2.20. The van der Waals surface area contributed by atoms with Gasteiger partial charge in [0.25, 0.3) is 0 Å². The molecule has 6 heteroatoms. The lowest BCUT2D eigenvalue weighted by molar-refractivity contribution is 0.215. The molecule has 1 unspecified atom stereocenters. The zero-order valence-corrected chi connectivity index (χ0v) is 16.8. The van der Waals surface area contributed by atoms with E-state index in [-0.39, 0.29) is 0 Å². The van der Waals surface area contributed by atoms with Crippen LogP contribution in [0.1, 0.15) is 31.9 Å². The van der Waals surface area contributed by atoms with Crippen LogP contribution in [0.15, 0.2) is 65.7 Å². The third-order valence-electron chi connectivity index (χ3n) is 4.25. The van der Waals surface area contributed by atoms with Gasteiger partial charge >= 0.3 is 7.60 Å². The molecular formula is C21H25N2O3P. The van der Waals surface area contributed by atoms with E-state index >= 15 is 0 Å². The van der Waals surface area contributed by atoms with E-state index in [1.54, 1.807) is 0 Å². The molecule has 1 aliphatic heterocycles. The molecule has 0 saturated carbocycles. The molecule has 0 aliphatic carbocycles. The monoisotopic (exact) mass is 384 g/mol. The molecule has 2 aromatic carbocycles. The van der Waals surface area contributed by atoms with Crippen molar-refractivity contribution < 1.29 is 13.6 Å². The van der Waals surface area contributed by atoms with E-state index in [2.05, 4.69) is 5.32 Å². The number of hydrogen-bond donors (Lipinski definition) is 1. The molecular weight excluding hydrogens is 359 g/mol. The van der Waals surface area contributed by atoms with E-state index in [0.29, 0.717) is 18.9 Å². The van der Waals surface area contributed by atoms with Gasteiger partial charge in [-0.2, -0.15) is 0 Å². The fourth-order valence-corrected chi connectivity index (χ4v) is 4.98. The highest BCUT2D eigenvalue weighted by Gasteiger charge is 2.40. The Bertz CT molecular complexity index is 869. The van der Waals surface area contributed by atoms with E-state index in [4.69, 9.17) is 14.0 Å². The number of hydrogen-bond acceptors (Lipinski definition) is 5. The summed E-state index contributed by atoms with van der Waals surface area (Å²) in [6.45, 7) is 6.08. The van der Waals surface area contributed by atoms with Crippen LogP contribution in [0.4, 0.5) is 0 Å². The number of nitrogens with zero attached hydrogens (tertiary/aromatic N) is 1. The Balaban J connectivity index is 2.11. The third kappa shape index (κ3) is 4.22. The second-order valence-electron chi connectivity index (χ2n) is 6.13. The Morgan fingerprint density at radius 3 is 1.96 bits per heavy atom. The molecule has 0 amide bonds. The van der Waals surface area contributed by atoms with Gasteiger partial charge in [0.05, 0.1) is 30.3 Å². The number of nitrogens with one attached hydrogen (secondary N) is 1. The summed E-state index contributed by atoms with van der Waals surface area (Å²) in [5.41, 5.74) is 4.27. The zero-order valence-electron chi connectivity index (χ0n) is 15.9. The van der Waals surface area contributed by atoms with Crippen LogP contribution in [0.5, 0.6) is 0 Å². The molecule has 1 aliphatic rings. The summed E-state index contributed by atoms with van der Waals surface area (Å²) in [6, 6.07) is 19.9. The third-order valence-corrected chi connectivity index (χ3v) is 6.62. The quantitative estimate of drug-likeness (QED) is 0.669. The standard InChI is InChI=1S/C21H25N2O3P/c1-4-25-27(24,26-5-2)21-16(3)22-19(17-12-8-6-9-13-17)20(23-21)18-14-10-7-11-15-18/h6-15,21,23H,4-5H2,1-3H3. The molecule has 0 saturated heterocycles. The molecule has 2 aromatic rings. The topological polar surface area (TPSA) is 59.9 Å². The predicted molar refractivity (Wildman–Crippen MR) is 111 cm³/mol. The Morgan fingerprint density at radius 1 is 0.926 bits per heavy atom. The van der Waals surface area contributed by atoms with Crippen molar-refractivity contribution in [1.82, 2.24) is 5.32 Å². The summed E-state index contributed by atoms with van der Waals surface area (Å²) in [7, 11) is -3.40. The van der Waals surface area contributed by atoms with E-state index in [1.807, 2.05) is 81.4 Å². The minimum Gasteiger partial charge on any atom is -0.365 e. The van der Waals surface area contributed by atoms with Gasteiger partial charge in [-0.3, -0.25) is 9.56 Å². The highest BCUT2D eigenvalue weighted by molar-refractivity contribution is 7.55. The lowest BCUT2D eigenvalue weighted by atomic mass is 10.0. The van der Waals surface area contributed by atoms with Crippen molar-refractivity contribution in [2.75, 3.05) is 13.2 Å². The smallest absolute Gasteiger partial charge is 0.358 e. The van der Waals surface area contributed by atoms with Crippen molar-refractivity contribution in [2.45, 2.75) is 26.6 Å². The fourth-order valence-electron chi connectivity index (χ4n) is 3.09. The van der Waals surface area contributed by atoms with Crippen molar-refractivity contribution in [3.63, 3.8) is 0 Å².